The normalized spacial score (nSPS) is 13.1. The second kappa shape index (κ2) is 5.95. The van der Waals surface area contributed by atoms with Gasteiger partial charge in [0.25, 0.3) is 5.91 Å². The molecule has 4 heteroatoms. The highest BCUT2D eigenvalue weighted by atomic mass is 16.2. The number of nitrogens with one attached hydrogen (secondary N) is 1. The van der Waals surface area contributed by atoms with Crippen molar-refractivity contribution in [2.24, 2.45) is 0 Å². The lowest BCUT2D eigenvalue weighted by Crippen LogP contribution is -2.29. The van der Waals surface area contributed by atoms with E-state index < -0.39 is 0 Å². The summed E-state index contributed by atoms with van der Waals surface area (Å²) >= 11 is 0. The van der Waals surface area contributed by atoms with E-state index in [4.69, 9.17) is 0 Å². The standard InChI is InChI=1S/C17H19N3O/c1-2-9-19-15-12-18-10-7-14(15)17(21)20-11-8-13-5-3-4-6-16(13)20/h3-7,10,12,19H,2,8-9,11H2,1H3. The van der Waals surface area contributed by atoms with Gasteiger partial charge in [0.1, 0.15) is 0 Å². The largest absolute Gasteiger partial charge is 0.383 e. The number of aromatic nitrogens is 1. The zero-order chi connectivity index (χ0) is 14.7. The fourth-order valence-electron chi connectivity index (χ4n) is 2.68. The molecule has 0 fully saturated rings. The minimum Gasteiger partial charge on any atom is -0.383 e. The van der Waals surface area contributed by atoms with Crippen molar-refractivity contribution >= 4 is 17.3 Å². The number of carbonyl (C=O) groups excluding carboxylic acids is 1. The molecular weight excluding hydrogens is 262 g/mol. The first-order valence-electron chi connectivity index (χ1n) is 7.39. The molecule has 0 aliphatic carbocycles. The molecule has 0 atom stereocenters. The van der Waals surface area contributed by atoms with Gasteiger partial charge in [-0.1, -0.05) is 25.1 Å². The van der Waals surface area contributed by atoms with Crippen LogP contribution in [0.25, 0.3) is 0 Å². The van der Waals surface area contributed by atoms with Gasteiger partial charge >= 0.3 is 0 Å². The van der Waals surface area contributed by atoms with Gasteiger partial charge in [-0.25, -0.2) is 0 Å². The third-order valence-corrected chi connectivity index (χ3v) is 3.75. The van der Waals surface area contributed by atoms with E-state index in [-0.39, 0.29) is 5.91 Å². The summed E-state index contributed by atoms with van der Waals surface area (Å²) < 4.78 is 0. The lowest BCUT2D eigenvalue weighted by atomic mass is 10.1. The van der Waals surface area contributed by atoms with E-state index >= 15 is 0 Å². The average molecular weight is 281 g/mol. The zero-order valence-corrected chi connectivity index (χ0v) is 12.2. The van der Waals surface area contributed by atoms with Crippen molar-refractivity contribution in [2.45, 2.75) is 19.8 Å². The van der Waals surface area contributed by atoms with Gasteiger partial charge in [-0.3, -0.25) is 9.78 Å². The predicted molar refractivity (Wildman–Crippen MR) is 84.8 cm³/mol. The maximum Gasteiger partial charge on any atom is 0.260 e. The molecule has 3 rings (SSSR count). The number of carbonyl (C=O) groups is 1. The van der Waals surface area contributed by atoms with Crippen LogP contribution < -0.4 is 10.2 Å². The molecule has 0 spiro atoms. The Bertz CT molecular complexity index is 654. The van der Waals surface area contributed by atoms with E-state index in [9.17, 15) is 4.79 Å². The van der Waals surface area contributed by atoms with Gasteiger partial charge in [-0.05, 0) is 30.5 Å². The number of pyridine rings is 1. The van der Waals surface area contributed by atoms with Crippen molar-refractivity contribution in [3.05, 3.63) is 53.9 Å². The first-order valence-corrected chi connectivity index (χ1v) is 7.39. The van der Waals surface area contributed by atoms with Crippen LogP contribution >= 0.6 is 0 Å². The van der Waals surface area contributed by atoms with E-state index in [1.807, 2.05) is 23.1 Å². The van der Waals surface area contributed by atoms with Gasteiger partial charge in [-0.2, -0.15) is 0 Å². The van der Waals surface area contributed by atoms with Crippen LogP contribution in [0.2, 0.25) is 0 Å². The topological polar surface area (TPSA) is 45.2 Å². The Hall–Kier alpha value is -2.36. The quantitative estimate of drug-likeness (QED) is 0.936. The molecule has 1 aromatic heterocycles. The van der Waals surface area contributed by atoms with Gasteiger partial charge < -0.3 is 10.2 Å². The van der Waals surface area contributed by atoms with E-state index in [0.717, 1.165) is 37.3 Å². The third-order valence-electron chi connectivity index (χ3n) is 3.75. The molecule has 1 amide bonds. The van der Waals surface area contributed by atoms with E-state index in [1.54, 1.807) is 18.5 Å². The smallest absolute Gasteiger partial charge is 0.260 e. The number of hydrogen-bond donors (Lipinski definition) is 1. The minimum atomic E-state index is 0.0425. The summed E-state index contributed by atoms with van der Waals surface area (Å²) in [5.74, 6) is 0.0425. The van der Waals surface area contributed by atoms with Gasteiger partial charge in [0.15, 0.2) is 0 Å². The number of amides is 1. The first kappa shape index (κ1) is 13.6. The maximum atomic E-state index is 12.9. The molecule has 0 saturated heterocycles. The second-order valence-electron chi connectivity index (χ2n) is 5.18. The molecule has 1 aromatic carbocycles. The van der Waals surface area contributed by atoms with Crippen molar-refractivity contribution in [2.75, 3.05) is 23.3 Å². The van der Waals surface area contributed by atoms with E-state index in [2.05, 4.69) is 23.3 Å². The molecule has 1 aliphatic rings. The van der Waals surface area contributed by atoms with Gasteiger partial charge in [0, 0.05) is 25.0 Å². The summed E-state index contributed by atoms with van der Waals surface area (Å²) in [6.45, 7) is 3.68. The van der Waals surface area contributed by atoms with Crippen molar-refractivity contribution in [1.82, 2.24) is 4.98 Å². The molecule has 1 N–H and O–H groups in total. The van der Waals surface area contributed by atoms with Crippen LogP contribution in [0, 0.1) is 0 Å². The fraction of sp³-hybridized carbons (Fsp3) is 0.294. The lowest BCUT2D eigenvalue weighted by Gasteiger charge is -2.19. The molecule has 4 nitrogen and oxygen atoms in total. The second-order valence-corrected chi connectivity index (χ2v) is 5.18. The number of hydrogen-bond acceptors (Lipinski definition) is 3. The number of fused-ring (bicyclic) bond motifs is 1. The summed E-state index contributed by atoms with van der Waals surface area (Å²) in [7, 11) is 0. The molecule has 2 heterocycles. The van der Waals surface area contributed by atoms with E-state index in [1.165, 1.54) is 5.56 Å². The Morgan fingerprint density at radius 3 is 3.05 bits per heavy atom. The Labute approximate surface area is 124 Å². The molecule has 0 bridgehead atoms. The number of benzene rings is 1. The van der Waals surface area contributed by atoms with Crippen LogP contribution in [0.15, 0.2) is 42.7 Å². The molecule has 108 valence electrons. The molecular formula is C17H19N3O. The van der Waals surface area contributed by atoms with Gasteiger partial charge in [0.2, 0.25) is 0 Å². The fourth-order valence-corrected chi connectivity index (χ4v) is 2.68. The Kier molecular flexibility index (Phi) is 3.86. The summed E-state index contributed by atoms with van der Waals surface area (Å²) in [6, 6.07) is 9.90. The van der Waals surface area contributed by atoms with E-state index in [0.29, 0.717) is 5.56 Å². The highest BCUT2D eigenvalue weighted by Gasteiger charge is 2.26. The van der Waals surface area contributed by atoms with Crippen molar-refractivity contribution < 1.29 is 4.79 Å². The van der Waals surface area contributed by atoms with Crippen LogP contribution in [0.1, 0.15) is 29.3 Å². The van der Waals surface area contributed by atoms with Gasteiger partial charge in [-0.15, -0.1) is 0 Å². The highest BCUT2D eigenvalue weighted by molar-refractivity contribution is 6.10. The van der Waals surface area contributed by atoms with Crippen LogP contribution in [0.3, 0.4) is 0 Å². The number of anilines is 2. The van der Waals surface area contributed by atoms with Crippen molar-refractivity contribution in [3.63, 3.8) is 0 Å². The van der Waals surface area contributed by atoms with Crippen molar-refractivity contribution in [1.29, 1.82) is 0 Å². The molecule has 0 radical (unpaired) electrons. The zero-order valence-electron chi connectivity index (χ0n) is 12.2. The monoisotopic (exact) mass is 281 g/mol. The summed E-state index contributed by atoms with van der Waals surface area (Å²) in [5, 5.41) is 3.28. The van der Waals surface area contributed by atoms with Crippen LogP contribution in [0.5, 0.6) is 0 Å². The minimum absolute atomic E-state index is 0.0425. The summed E-state index contributed by atoms with van der Waals surface area (Å²) in [4.78, 5) is 18.8. The highest BCUT2D eigenvalue weighted by Crippen LogP contribution is 2.30. The molecule has 0 saturated carbocycles. The molecule has 0 unspecified atom stereocenters. The number of rotatable bonds is 4. The number of para-hydroxylation sites is 1. The lowest BCUT2D eigenvalue weighted by molar-refractivity contribution is 0.0990. The first-order chi connectivity index (χ1) is 10.3. The van der Waals surface area contributed by atoms with Crippen LogP contribution in [-0.4, -0.2) is 24.0 Å². The third kappa shape index (κ3) is 2.61. The number of nitrogens with zero attached hydrogens (tertiary/aromatic N) is 2. The van der Waals surface area contributed by atoms with Crippen LogP contribution in [-0.2, 0) is 6.42 Å². The predicted octanol–water partition coefficient (Wildman–Crippen LogP) is 3.11. The van der Waals surface area contributed by atoms with Crippen LogP contribution in [0.4, 0.5) is 11.4 Å². The SMILES string of the molecule is CCCNc1cnccc1C(=O)N1CCc2ccccc21. The summed E-state index contributed by atoms with van der Waals surface area (Å²) in [6.07, 6.45) is 5.33. The Morgan fingerprint density at radius 2 is 2.19 bits per heavy atom. The van der Waals surface area contributed by atoms with Crippen molar-refractivity contribution in [3.8, 4) is 0 Å². The van der Waals surface area contributed by atoms with Gasteiger partial charge in [0.05, 0.1) is 17.4 Å². The Balaban J connectivity index is 1.90. The molecule has 1 aliphatic heterocycles. The summed E-state index contributed by atoms with van der Waals surface area (Å²) in [5.41, 5.74) is 3.77. The Morgan fingerprint density at radius 1 is 1.33 bits per heavy atom. The maximum absolute atomic E-state index is 12.9. The molecule has 21 heavy (non-hydrogen) atoms. The average Bonchev–Trinajstić information content (AvgIpc) is 2.96. The molecule has 2 aromatic rings.